The fraction of sp³-hybridized carbons (Fsp3) is 0.708. The van der Waals surface area contributed by atoms with E-state index in [9.17, 15) is 4.79 Å². The molecule has 0 fully saturated rings. The molecule has 0 aliphatic rings. The standard InChI is InChI=1S/C24H42NO6P/c1-12-28-32(27-11)31-22(23(5,6)7)25(24(8,9)10)30-18(3)21-15-13-20(14-16-21)17(2)29-19(4)26/h13-18,22H,12H2,1-11H3. The van der Waals surface area contributed by atoms with E-state index >= 15 is 0 Å². The molecule has 0 amide bonds. The smallest absolute Gasteiger partial charge is 0.334 e. The van der Waals surface area contributed by atoms with Crippen LogP contribution in [-0.4, -0.2) is 36.5 Å². The molecule has 0 bridgehead atoms. The molecule has 0 radical (unpaired) electrons. The summed E-state index contributed by atoms with van der Waals surface area (Å²) in [5, 5.41) is 1.90. The first-order valence-corrected chi connectivity index (χ1v) is 12.2. The van der Waals surface area contributed by atoms with Crippen molar-refractivity contribution in [2.75, 3.05) is 13.7 Å². The first kappa shape index (κ1) is 29.0. The van der Waals surface area contributed by atoms with E-state index in [-0.39, 0.29) is 29.1 Å². The third-order valence-electron chi connectivity index (χ3n) is 4.67. The maximum Gasteiger partial charge on any atom is 0.334 e. The van der Waals surface area contributed by atoms with E-state index in [1.807, 2.05) is 50.1 Å². The second-order valence-electron chi connectivity index (χ2n) is 9.81. The zero-order valence-electron chi connectivity index (χ0n) is 21.6. The van der Waals surface area contributed by atoms with Crippen molar-refractivity contribution in [3.8, 4) is 0 Å². The van der Waals surface area contributed by atoms with Gasteiger partial charge in [-0.15, -0.1) is 0 Å². The normalized spacial score (nSPS) is 16.5. The molecule has 1 aromatic carbocycles. The second kappa shape index (κ2) is 12.4. The van der Waals surface area contributed by atoms with Crippen LogP contribution in [0.15, 0.2) is 24.3 Å². The molecule has 0 spiro atoms. The third-order valence-corrected chi connectivity index (χ3v) is 5.81. The van der Waals surface area contributed by atoms with Crippen LogP contribution >= 0.6 is 8.60 Å². The van der Waals surface area contributed by atoms with Crippen LogP contribution in [0.2, 0.25) is 0 Å². The summed E-state index contributed by atoms with van der Waals surface area (Å²) in [5.74, 6) is -0.296. The number of hydrogen-bond acceptors (Lipinski definition) is 7. The number of ether oxygens (including phenoxy) is 1. The lowest BCUT2D eigenvalue weighted by Gasteiger charge is -2.46. The van der Waals surface area contributed by atoms with Gasteiger partial charge in [0.1, 0.15) is 18.4 Å². The molecule has 1 rings (SSSR count). The SMILES string of the molecule is CCOP(OC)OC(N(OC(C)c1ccc(C(C)OC(C)=O)cc1)C(C)(C)C)C(C)(C)C. The maximum absolute atomic E-state index is 11.2. The molecule has 1 aromatic rings. The van der Waals surface area contributed by atoms with Gasteiger partial charge in [-0.3, -0.25) is 14.2 Å². The van der Waals surface area contributed by atoms with E-state index in [1.165, 1.54) is 6.92 Å². The fourth-order valence-corrected chi connectivity index (χ4v) is 4.05. The topological polar surface area (TPSA) is 66.5 Å². The molecule has 0 saturated heterocycles. The molecule has 0 aromatic heterocycles. The van der Waals surface area contributed by atoms with Crippen LogP contribution in [0.3, 0.4) is 0 Å². The van der Waals surface area contributed by atoms with E-state index in [0.29, 0.717) is 6.61 Å². The van der Waals surface area contributed by atoms with Crippen LogP contribution in [0.1, 0.15) is 92.6 Å². The van der Waals surface area contributed by atoms with E-state index < -0.39 is 14.8 Å². The number of carbonyl (C=O) groups is 1. The summed E-state index contributed by atoms with van der Waals surface area (Å²) in [6, 6.07) is 7.91. The molecule has 0 aliphatic heterocycles. The zero-order valence-corrected chi connectivity index (χ0v) is 22.5. The number of benzene rings is 1. The highest BCUT2D eigenvalue weighted by atomic mass is 31.2. The molecule has 8 heteroatoms. The van der Waals surface area contributed by atoms with Crippen molar-refractivity contribution < 1.29 is 27.9 Å². The minimum Gasteiger partial charge on any atom is -0.458 e. The van der Waals surface area contributed by atoms with Gasteiger partial charge in [0.2, 0.25) is 0 Å². The molecule has 0 aliphatic carbocycles. The van der Waals surface area contributed by atoms with Gasteiger partial charge in [0, 0.05) is 25.0 Å². The predicted octanol–water partition coefficient (Wildman–Crippen LogP) is 6.70. The Morgan fingerprint density at radius 1 is 1.00 bits per heavy atom. The van der Waals surface area contributed by atoms with E-state index in [0.717, 1.165) is 11.1 Å². The Morgan fingerprint density at radius 2 is 1.50 bits per heavy atom. The monoisotopic (exact) mass is 471 g/mol. The summed E-state index contributed by atoms with van der Waals surface area (Å²) in [4.78, 5) is 17.7. The zero-order chi connectivity index (χ0) is 24.7. The predicted molar refractivity (Wildman–Crippen MR) is 128 cm³/mol. The van der Waals surface area contributed by atoms with Crippen LogP contribution in [-0.2, 0) is 27.9 Å². The Labute approximate surface area is 195 Å². The van der Waals surface area contributed by atoms with Gasteiger partial charge in [0.15, 0.2) is 0 Å². The molecule has 32 heavy (non-hydrogen) atoms. The Kier molecular flexibility index (Phi) is 11.2. The van der Waals surface area contributed by atoms with Crippen LogP contribution in [0.25, 0.3) is 0 Å². The summed E-state index contributed by atoms with van der Waals surface area (Å²) < 4.78 is 22.6. The van der Waals surface area contributed by atoms with Gasteiger partial charge < -0.3 is 13.8 Å². The highest BCUT2D eigenvalue weighted by Gasteiger charge is 2.41. The molecule has 4 atom stereocenters. The minimum atomic E-state index is -1.50. The summed E-state index contributed by atoms with van der Waals surface area (Å²) in [6.07, 6.45) is -0.943. The summed E-state index contributed by atoms with van der Waals surface area (Å²) in [6.45, 7) is 20.2. The largest absolute Gasteiger partial charge is 0.458 e. The lowest BCUT2D eigenvalue weighted by atomic mass is 9.92. The quantitative estimate of drug-likeness (QED) is 0.154. The van der Waals surface area contributed by atoms with Crippen LogP contribution < -0.4 is 0 Å². The molecule has 0 heterocycles. The van der Waals surface area contributed by atoms with E-state index in [4.69, 9.17) is 23.1 Å². The van der Waals surface area contributed by atoms with Crippen molar-refractivity contribution in [2.45, 2.75) is 93.2 Å². The molecular formula is C24H42NO6P. The van der Waals surface area contributed by atoms with Gasteiger partial charge in [0.25, 0.3) is 0 Å². The number of nitrogens with zero attached hydrogens (tertiary/aromatic N) is 1. The summed E-state index contributed by atoms with van der Waals surface area (Å²) in [7, 11) is 0.0844. The van der Waals surface area contributed by atoms with Crippen molar-refractivity contribution >= 4 is 14.6 Å². The average Bonchev–Trinajstić information content (AvgIpc) is 2.67. The van der Waals surface area contributed by atoms with Gasteiger partial charge in [-0.05, 0) is 52.7 Å². The summed E-state index contributed by atoms with van der Waals surface area (Å²) >= 11 is 0. The first-order valence-electron chi connectivity index (χ1n) is 11.1. The summed E-state index contributed by atoms with van der Waals surface area (Å²) in [5.41, 5.74) is 1.32. The molecule has 4 unspecified atom stereocenters. The van der Waals surface area contributed by atoms with E-state index in [1.54, 1.807) is 7.11 Å². The van der Waals surface area contributed by atoms with Crippen molar-refractivity contribution in [3.63, 3.8) is 0 Å². The average molecular weight is 472 g/mol. The molecule has 184 valence electrons. The van der Waals surface area contributed by atoms with Gasteiger partial charge in [-0.25, -0.2) is 0 Å². The third kappa shape index (κ3) is 9.05. The Bertz CT molecular complexity index is 698. The van der Waals surface area contributed by atoms with Gasteiger partial charge >= 0.3 is 14.6 Å². The number of esters is 1. The first-order chi connectivity index (χ1) is 14.7. The maximum atomic E-state index is 11.2. The number of hydrogen-bond donors (Lipinski definition) is 0. The van der Waals surface area contributed by atoms with Crippen molar-refractivity contribution in [1.29, 1.82) is 0 Å². The molecular weight excluding hydrogens is 429 g/mol. The van der Waals surface area contributed by atoms with Gasteiger partial charge in [-0.1, -0.05) is 45.0 Å². The molecule has 7 nitrogen and oxygen atoms in total. The van der Waals surface area contributed by atoms with Crippen molar-refractivity contribution in [2.24, 2.45) is 5.41 Å². The number of carbonyl (C=O) groups excluding carboxylic acids is 1. The molecule has 0 N–H and O–H groups in total. The Hall–Kier alpha value is -1.08. The lowest BCUT2D eigenvalue weighted by molar-refractivity contribution is -0.317. The lowest BCUT2D eigenvalue weighted by Crippen LogP contribution is -2.54. The highest BCUT2D eigenvalue weighted by Crippen LogP contribution is 2.46. The van der Waals surface area contributed by atoms with Crippen molar-refractivity contribution in [1.82, 2.24) is 5.06 Å². The van der Waals surface area contributed by atoms with Crippen molar-refractivity contribution in [3.05, 3.63) is 35.4 Å². The molecule has 0 saturated carbocycles. The van der Waals surface area contributed by atoms with Crippen LogP contribution in [0.5, 0.6) is 0 Å². The van der Waals surface area contributed by atoms with Gasteiger partial charge in [0.05, 0.1) is 6.61 Å². The number of rotatable bonds is 11. The Balaban J connectivity index is 3.12. The van der Waals surface area contributed by atoms with Gasteiger partial charge in [-0.2, -0.15) is 5.06 Å². The minimum absolute atomic E-state index is 0.235. The van der Waals surface area contributed by atoms with E-state index in [2.05, 4.69) is 41.5 Å². The second-order valence-corrected chi connectivity index (χ2v) is 11.1. The fourth-order valence-electron chi connectivity index (χ4n) is 3.02. The highest BCUT2D eigenvalue weighted by molar-refractivity contribution is 7.41. The Morgan fingerprint density at radius 3 is 1.88 bits per heavy atom. The van der Waals surface area contributed by atoms with Crippen LogP contribution in [0.4, 0.5) is 0 Å². The number of hydroxylamine groups is 2. The van der Waals surface area contributed by atoms with Crippen LogP contribution in [0, 0.1) is 5.41 Å².